The van der Waals surface area contributed by atoms with Gasteiger partial charge in [-0.2, -0.15) is 0 Å². The maximum Gasteiger partial charge on any atom is 0.345 e. The number of pyridine rings is 1. The normalized spacial score (nSPS) is 11.3. The SMILES string of the molecule is O=c1oc2c(Cc3coc4ccc(Cl)cc4c3=O)c(O)ccc2cc1-c1ccccn1. The summed E-state index contributed by atoms with van der Waals surface area (Å²) in [4.78, 5) is 29.8. The van der Waals surface area contributed by atoms with E-state index in [-0.39, 0.29) is 23.2 Å². The van der Waals surface area contributed by atoms with Gasteiger partial charge in [0.1, 0.15) is 16.9 Å². The number of phenols is 1. The fourth-order valence-electron chi connectivity index (χ4n) is 3.56. The Balaban J connectivity index is 1.67. The van der Waals surface area contributed by atoms with Gasteiger partial charge in [-0.1, -0.05) is 17.7 Å². The lowest BCUT2D eigenvalue weighted by atomic mass is 10.0. The van der Waals surface area contributed by atoms with E-state index >= 15 is 0 Å². The molecule has 0 aliphatic rings. The minimum atomic E-state index is -0.588. The van der Waals surface area contributed by atoms with Crippen molar-refractivity contribution in [3.05, 3.63) is 104 Å². The molecular weight excluding hydrogens is 418 g/mol. The van der Waals surface area contributed by atoms with Gasteiger partial charge in [-0.25, -0.2) is 4.79 Å². The summed E-state index contributed by atoms with van der Waals surface area (Å²) in [7, 11) is 0. The molecule has 0 saturated heterocycles. The van der Waals surface area contributed by atoms with Crippen molar-refractivity contribution in [3.8, 4) is 17.0 Å². The van der Waals surface area contributed by atoms with Crippen molar-refractivity contribution in [1.29, 1.82) is 0 Å². The quantitative estimate of drug-likeness (QED) is 0.408. The van der Waals surface area contributed by atoms with Gasteiger partial charge >= 0.3 is 5.63 Å². The Morgan fingerprint density at radius 1 is 1.03 bits per heavy atom. The molecule has 0 atom stereocenters. The molecule has 0 aliphatic carbocycles. The number of rotatable bonds is 3. The van der Waals surface area contributed by atoms with E-state index in [0.717, 1.165) is 0 Å². The first-order valence-corrected chi connectivity index (χ1v) is 9.79. The molecule has 7 heteroatoms. The molecule has 0 amide bonds. The zero-order chi connectivity index (χ0) is 21.5. The van der Waals surface area contributed by atoms with Gasteiger partial charge in [0.15, 0.2) is 5.43 Å². The van der Waals surface area contributed by atoms with Gasteiger partial charge in [-0.3, -0.25) is 9.78 Å². The summed E-state index contributed by atoms with van der Waals surface area (Å²) in [5, 5.41) is 11.8. The van der Waals surface area contributed by atoms with Crippen molar-refractivity contribution in [1.82, 2.24) is 4.98 Å². The largest absolute Gasteiger partial charge is 0.508 e. The molecule has 152 valence electrons. The maximum absolute atomic E-state index is 12.9. The molecule has 3 heterocycles. The third kappa shape index (κ3) is 3.37. The molecule has 0 fully saturated rings. The topological polar surface area (TPSA) is 93.5 Å². The molecule has 0 bridgehead atoms. The lowest BCUT2D eigenvalue weighted by molar-refractivity contribution is 0.466. The van der Waals surface area contributed by atoms with Gasteiger partial charge in [0.2, 0.25) is 0 Å². The molecular formula is C24H14ClNO5. The molecule has 0 spiro atoms. The van der Waals surface area contributed by atoms with Crippen LogP contribution in [0, 0.1) is 0 Å². The van der Waals surface area contributed by atoms with Crippen LogP contribution in [0.15, 0.2) is 85.5 Å². The molecule has 0 radical (unpaired) electrons. The first-order chi connectivity index (χ1) is 15.0. The van der Waals surface area contributed by atoms with Gasteiger partial charge in [0.05, 0.1) is 22.9 Å². The fourth-order valence-corrected chi connectivity index (χ4v) is 3.73. The van der Waals surface area contributed by atoms with Crippen molar-refractivity contribution in [2.45, 2.75) is 6.42 Å². The van der Waals surface area contributed by atoms with Gasteiger partial charge in [-0.15, -0.1) is 0 Å². The van der Waals surface area contributed by atoms with Crippen molar-refractivity contribution < 1.29 is 13.9 Å². The van der Waals surface area contributed by atoms with E-state index < -0.39 is 5.63 Å². The number of halogens is 1. The lowest BCUT2D eigenvalue weighted by Crippen LogP contribution is -2.10. The van der Waals surface area contributed by atoms with E-state index in [1.165, 1.54) is 18.4 Å². The van der Waals surface area contributed by atoms with Crippen LogP contribution in [-0.2, 0) is 6.42 Å². The molecule has 5 aromatic rings. The highest BCUT2D eigenvalue weighted by atomic mass is 35.5. The van der Waals surface area contributed by atoms with Crippen LogP contribution in [0.25, 0.3) is 33.2 Å². The van der Waals surface area contributed by atoms with Crippen LogP contribution in [-0.4, -0.2) is 10.1 Å². The van der Waals surface area contributed by atoms with Gasteiger partial charge in [0, 0.05) is 34.2 Å². The predicted octanol–water partition coefficient (Wildman–Crippen LogP) is 4.91. The van der Waals surface area contributed by atoms with Crippen LogP contribution in [0.1, 0.15) is 11.1 Å². The Bertz CT molecular complexity index is 1570. The smallest absolute Gasteiger partial charge is 0.345 e. The number of aromatic nitrogens is 1. The molecule has 5 rings (SSSR count). The van der Waals surface area contributed by atoms with E-state index in [1.807, 2.05) is 0 Å². The number of hydrogen-bond donors (Lipinski definition) is 1. The second-order valence-electron chi connectivity index (χ2n) is 7.05. The monoisotopic (exact) mass is 431 g/mol. The first-order valence-electron chi connectivity index (χ1n) is 9.41. The van der Waals surface area contributed by atoms with E-state index in [4.69, 9.17) is 20.4 Å². The van der Waals surface area contributed by atoms with E-state index in [2.05, 4.69) is 4.98 Å². The van der Waals surface area contributed by atoms with Crippen LogP contribution in [0.2, 0.25) is 5.02 Å². The van der Waals surface area contributed by atoms with E-state index in [1.54, 1.807) is 48.7 Å². The van der Waals surface area contributed by atoms with Crippen molar-refractivity contribution in [2.24, 2.45) is 0 Å². The van der Waals surface area contributed by atoms with Crippen LogP contribution in [0.3, 0.4) is 0 Å². The minimum Gasteiger partial charge on any atom is -0.508 e. The number of nitrogens with zero attached hydrogens (tertiary/aromatic N) is 1. The minimum absolute atomic E-state index is 0.0137. The van der Waals surface area contributed by atoms with Crippen LogP contribution in [0.4, 0.5) is 0 Å². The second kappa shape index (κ2) is 7.41. The Hall–Kier alpha value is -3.90. The first kappa shape index (κ1) is 19.1. The average molecular weight is 432 g/mol. The maximum atomic E-state index is 12.9. The van der Waals surface area contributed by atoms with Crippen LogP contribution in [0.5, 0.6) is 5.75 Å². The Kier molecular flexibility index (Phi) is 4.56. The number of aromatic hydroxyl groups is 1. The molecule has 1 N–H and O–H groups in total. The summed E-state index contributed by atoms with van der Waals surface area (Å²) < 4.78 is 11.1. The lowest BCUT2D eigenvalue weighted by Gasteiger charge is -2.09. The molecule has 2 aromatic carbocycles. The Morgan fingerprint density at radius 2 is 1.90 bits per heavy atom. The zero-order valence-corrected chi connectivity index (χ0v) is 16.7. The summed E-state index contributed by atoms with van der Waals surface area (Å²) in [5.41, 5.74) is 1.17. The van der Waals surface area contributed by atoms with Gasteiger partial charge in [0.25, 0.3) is 0 Å². The van der Waals surface area contributed by atoms with Crippen LogP contribution >= 0.6 is 11.6 Å². The molecule has 0 unspecified atom stereocenters. The molecule has 0 aliphatic heterocycles. The zero-order valence-electron chi connectivity index (χ0n) is 16.0. The van der Waals surface area contributed by atoms with E-state index in [0.29, 0.717) is 43.8 Å². The van der Waals surface area contributed by atoms with Crippen molar-refractivity contribution in [3.63, 3.8) is 0 Å². The van der Waals surface area contributed by atoms with Crippen molar-refractivity contribution in [2.75, 3.05) is 0 Å². The standard InChI is InChI=1S/C24H14ClNO5/c25-15-5-7-21-18(11-15)22(28)14(12-30-21)10-17-20(27)6-4-13-9-16(24(29)31-23(13)17)19-3-1-2-8-26-19/h1-9,11-12,27H,10H2. The number of phenolic OH excluding ortho intramolecular Hbond substituents is 1. The third-order valence-corrected chi connectivity index (χ3v) is 5.33. The summed E-state index contributed by atoms with van der Waals surface area (Å²) in [5.74, 6) is -0.0909. The summed E-state index contributed by atoms with van der Waals surface area (Å²) in [6.45, 7) is 0. The summed E-state index contributed by atoms with van der Waals surface area (Å²) in [6, 6.07) is 14.8. The van der Waals surface area contributed by atoms with Gasteiger partial charge < -0.3 is 13.9 Å². The highest BCUT2D eigenvalue weighted by molar-refractivity contribution is 6.31. The number of hydrogen-bond acceptors (Lipinski definition) is 6. The molecule has 31 heavy (non-hydrogen) atoms. The molecule has 6 nitrogen and oxygen atoms in total. The third-order valence-electron chi connectivity index (χ3n) is 5.09. The number of fused-ring (bicyclic) bond motifs is 2. The van der Waals surface area contributed by atoms with Crippen molar-refractivity contribution >= 4 is 33.5 Å². The highest BCUT2D eigenvalue weighted by Crippen LogP contribution is 2.30. The van der Waals surface area contributed by atoms with Crippen LogP contribution < -0.4 is 11.1 Å². The average Bonchev–Trinajstić information content (AvgIpc) is 2.78. The predicted molar refractivity (Wildman–Crippen MR) is 118 cm³/mol. The summed E-state index contributed by atoms with van der Waals surface area (Å²) >= 11 is 6.01. The Labute approximate surface area is 180 Å². The number of benzene rings is 2. The summed E-state index contributed by atoms with van der Waals surface area (Å²) in [6.07, 6.45) is 2.95. The highest BCUT2D eigenvalue weighted by Gasteiger charge is 2.17. The Morgan fingerprint density at radius 3 is 2.71 bits per heavy atom. The second-order valence-corrected chi connectivity index (χ2v) is 7.49. The van der Waals surface area contributed by atoms with E-state index in [9.17, 15) is 14.7 Å². The van der Waals surface area contributed by atoms with Gasteiger partial charge in [-0.05, 0) is 48.5 Å². The molecule has 0 saturated carbocycles. The fraction of sp³-hybridized carbons (Fsp3) is 0.0417. The molecule has 3 aromatic heterocycles.